The molecular weight excluding hydrogens is 319 g/mol. The zero-order chi connectivity index (χ0) is 17.7. The maximum Gasteiger partial charge on any atom is 0.309 e. The molecule has 0 atom stereocenters. The van der Waals surface area contributed by atoms with Crippen molar-refractivity contribution in [3.63, 3.8) is 0 Å². The molecule has 0 spiro atoms. The summed E-state index contributed by atoms with van der Waals surface area (Å²) in [6.45, 7) is 0.914. The highest BCUT2D eigenvalue weighted by molar-refractivity contribution is 6.35. The van der Waals surface area contributed by atoms with Crippen LogP contribution in [0.1, 0.15) is 50.5 Å². The Labute approximate surface area is 147 Å². The number of allylic oxidation sites excluding steroid dienone is 1. The Bertz CT molecular complexity index is 663. The third kappa shape index (κ3) is 4.68. The molecule has 1 aromatic carbocycles. The molecule has 1 saturated carbocycles. The second-order valence-corrected chi connectivity index (χ2v) is 7.08. The Kier molecular flexibility index (Phi) is 5.51. The molecule has 0 radical (unpaired) electrons. The van der Waals surface area contributed by atoms with Crippen molar-refractivity contribution in [2.45, 2.75) is 50.4 Å². The number of carbonyl (C=O) groups is 2. The van der Waals surface area contributed by atoms with Gasteiger partial charge < -0.3 is 10.6 Å². The number of nitrogens with one attached hydrogen (secondary N) is 2. The van der Waals surface area contributed by atoms with Crippen molar-refractivity contribution in [1.29, 1.82) is 0 Å². The number of carbonyl (C=O) groups excluding carboxylic acids is 2. The molecule has 2 N–H and O–H groups in total. The van der Waals surface area contributed by atoms with Crippen LogP contribution in [0, 0.1) is 5.82 Å². The van der Waals surface area contributed by atoms with Gasteiger partial charge in [0.15, 0.2) is 0 Å². The van der Waals surface area contributed by atoms with Crippen LogP contribution in [0.5, 0.6) is 0 Å². The van der Waals surface area contributed by atoms with Crippen LogP contribution >= 0.6 is 0 Å². The highest BCUT2D eigenvalue weighted by atomic mass is 19.1. The van der Waals surface area contributed by atoms with Crippen LogP contribution in [0.15, 0.2) is 35.9 Å². The first-order valence-corrected chi connectivity index (χ1v) is 9.09. The van der Waals surface area contributed by atoms with Crippen LogP contribution in [0.3, 0.4) is 0 Å². The minimum atomic E-state index is -0.592. The Morgan fingerprint density at radius 1 is 1.04 bits per heavy atom. The number of hydrogen-bond acceptors (Lipinski definition) is 2. The molecule has 2 aliphatic carbocycles. The first-order chi connectivity index (χ1) is 12.1. The summed E-state index contributed by atoms with van der Waals surface area (Å²) < 4.78 is 13.0. The van der Waals surface area contributed by atoms with Gasteiger partial charge in [0.2, 0.25) is 0 Å². The van der Waals surface area contributed by atoms with E-state index in [0.717, 1.165) is 37.7 Å². The lowest BCUT2D eigenvalue weighted by molar-refractivity contribution is -0.139. The van der Waals surface area contributed by atoms with Crippen molar-refractivity contribution in [1.82, 2.24) is 10.6 Å². The topological polar surface area (TPSA) is 58.2 Å². The molecule has 5 heteroatoms. The molecule has 1 aromatic rings. The van der Waals surface area contributed by atoms with Gasteiger partial charge in [-0.25, -0.2) is 4.39 Å². The van der Waals surface area contributed by atoms with Crippen molar-refractivity contribution >= 4 is 11.8 Å². The van der Waals surface area contributed by atoms with E-state index in [2.05, 4.69) is 16.7 Å². The lowest BCUT2D eigenvalue weighted by Crippen LogP contribution is -2.43. The van der Waals surface area contributed by atoms with Gasteiger partial charge in [0, 0.05) is 18.5 Å². The van der Waals surface area contributed by atoms with Crippen LogP contribution in [0.25, 0.3) is 0 Å². The third-order valence-electron chi connectivity index (χ3n) is 5.22. The van der Waals surface area contributed by atoms with Crippen molar-refractivity contribution < 1.29 is 14.0 Å². The molecule has 134 valence electrons. The van der Waals surface area contributed by atoms with E-state index in [-0.39, 0.29) is 11.2 Å². The van der Waals surface area contributed by atoms with Crippen LogP contribution in [0.4, 0.5) is 4.39 Å². The first kappa shape index (κ1) is 17.6. The predicted molar refractivity (Wildman–Crippen MR) is 94.5 cm³/mol. The molecule has 0 aliphatic heterocycles. The van der Waals surface area contributed by atoms with Crippen molar-refractivity contribution in [2.24, 2.45) is 0 Å². The number of amides is 2. The average molecular weight is 344 g/mol. The Balaban J connectivity index is 1.42. The predicted octanol–water partition coefficient (Wildman–Crippen LogP) is 2.98. The third-order valence-corrected chi connectivity index (χ3v) is 5.22. The summed E-state index contributed by atoms with van der Waals surface area (Å²) in [7, 11) is 0. The van der Waals surface area contributed by atoms with Crippen LogP contribution in [-0.4, -0.2) is 24.9 Å². The minimum absolute atomic E-state index is 0.142. The maximum absolute atomic E-state index is 13.0. The molecule has 3 rings (SSSR count). The highest BCUT2D eigenvalue weighted by Crippen LogP contribution is 2.47. The average Bonchev–Trinajstić information content (AvgIpc) is 3.42. The quantitative estimate of drug-likeness (QED) is 0.616. The van der Waals surface area contributed by atoms with Gasteiger partial charge in [0.1, 0.15) is 5.82 Å². The molecule has 2 aliphatic rings. The van der Waals surface area contributed by atoms with Crippen LogP contribution < -0.4 is 10.6 Å². The summed E-state index contributed by atoms with van der Waals surface area (Å²) in [5.41, 5.74) is 2.25. The zero-order valence-electron chi connectivity index (χ0n) is 14.4. The Hall–Kier alpha value is -2.17. The highest BCUT2D eigenvalue weighted by Gasteiger charge is 2.44. The van der Waals surface area contributed by atoms with Gasteiger partial charge in [0.05, 0.1) is 0 Å². The minimum Gasteiger partial charge on any atom is -0.348 e. The number of hydrogen-bond donors (Lipinski definition) is 2. The monoisotopic (exact) mass is 344 g/mol. The second kappa shape index (κ2) is 7.81. The smallest absolute Gasteiger partial charge is 0.309 e. The molecule has 4 nitrogen and oxygen atoms in total. The van der Waals surface area contributed by atoms with E-state index in [0.29, 0.717) is 13.1 Å². The normalized spacial score (nSPS) is 18.2. The molecule has 0 unspecified atom stereocenters. The van der Waals surface area contributed by atoms with E-state index in [1.165, 1.54) is 30.5 Å². The van der Waals surface area contributed by atoms with Gasteiger partial charge in [-0.1, -0.05) is 23.8 Å². The molecule has 0 bridgehead atoms. The fourth-order valence-electron chi connectivity index (χ4n) is 3.40. The fraction of sp³-hybridized carbons (Fsp3) is 0.500. The SMILES string of the molecule is O=C(NCCC1=CCCCC1)C(=O)NCC1(c2ccc(F)cc2)CC1. The van der Waals surface area contributed by atoms with Gasteiger partial charge in [-0.2, -0.15) is 0 Å². The summed E-state index contributed by atoms with van der Waals surface area (Å²) >= 11 is 0. The van der Waals surface area contributed by atoms with E-state index in [1.807, 2.05) is 0 Å². The molecule has 0 aromatic heterocycles. The summed E-state index contributed by atoms with van der Waals surface area (Å²) in [5.74, 6) is -1.44. The number of rotatable bonds is 6. The molecular formula is C20H25FN2O2. The van der Waals surface area contributed by atoms with E-state index >= 15 is 0 Å². The van der Waals surface area contributed by atoms with Gasteiger partial charge in [-0.05, 0) is 62.6 Å². The van der Waals surface area contributed by atoms with Crippen molar-refractivity contribution in [3.8, 4) is 0 Å². The lowest BCUT2D eigenvalue weighted by atomic mass is 9.96. The molecule has 2 amide bonds. The van der Waals surface area contributed by atoms with E-state index in [4.69, 9.17) is 0 Å². The fourth-order valence-corrected chi connectivity index (χ4v) is 3.40. The summed E-state index contributed by atoms with van der Waals surface area (Å²) in [5, 5.41) is 5.42. The van der Waals surface area contributed by atoms with Crippen molar-refractivity contribution in [3.05, 3.63) is 47.3 Å². The molecule has 0 saturated heterocycles. The maximum atomic E-state index is 13.0. The summed E-state index contributed by atoms with van der Waals surface area (Å²) in [6.07, 6.45) is 9.62. The lowest BCUT2D eigenvalue weighted by Gasteiger charge is -2.17. The summed E-state index contributed by atoms with van der Waals surface area (Å²) in [6, 6.07) is 6.38. The first-order valence-electron chi connectivity index (χ1n) is 9.09. The standard InChI is InChI=1S/C20H25FN2O2/c21-17-8-6-16(7-9-17)20(11-12-20)14-23-19(25)18(24)22-13-10-15-4-2-1-3-5-15/h4,6-9H,1-3,5,10-14H2,(H,22,24)(H,23,25). The van der Waals surface area contributed by atoms with Crippen LogP contribution in [-0.2, 0) is 15.0 Å². The van der Waals surface area contributed by atoms with Gasteiger partial charge in [-0.15, -0.1) is 0 Å². The number of halogens is 1. The molecule has 0 heterocycles. The number of benzene rings is 1. The summed E-state index contributed by atoms with van der Waals surface area (Å²) in [4.78, 5) is 23.9. The Morgan fingerprint density at radius 2 is 1.76 bits per heavy atom. The largest absolute Gasteiger partial charge is 0.348 e. The van der Waals surface area contributed by atoms with E-state index in [9.17, 15) is 14.0 Å². The van der Waals surface area contributed by atoms with Gasteiger partial charge in [0.25, 0.3) is 0 Å². The molecule has 1 fully saturated rings. The molecule has 25 heavy (non-hydrogen) atoms. The van der Waals surface area contributed by atoms with Gasteiger partial charge in [-0.3, -0.25) is 9.59 Å². The van der Waals surface area contributed by atoms with E-state index in [1.54, 1.807) is 12.1 Å². The van der Waals surface area contributed by atoms with Crippen molar-refractivity contribution in [2.75, 3.05) is 13.1 Å². The zero-order valence-corrected chi connectivity index (χ0v) is 14.4. The Morgan fingerprint density at radius 3 is 2.40 bits per heavy atom. The second-order valence-electron chi connectivity index (χ2n) is 7.08. The van der Waals surface area contributed by atoms with E-state index < -0.39 is 11.8 Å². The van der Waals surface area contributed by atoms with Gasteiger partial charge >= 0.3 is 11.8 Å². The van der Waals surface area contributed by atoms with Crippen LogP contribution in [0.2, 0.25) is 0 Å².